The van der Waals surface area contributed by atoms with Crippen LogP contribution in [-0.2, 0) is 0 Å². The molecule has 2 aromatic rings. The van der Waals surface area contributed by atoms with Gasteiger partial charge in [0.2, 0.25) is 0 Å². The molecule has 3 heteroatoms. The lowest BCUT2D eigenvalue weighted by molar-refractivity contribution is 0.480. The van der Waals surface area contributed by atoms with Gasteiger partial charge in [0, 0.05) is 5.69 Å². The smallest absolute Gasteiger partial charge is 0.141 e. The van der Waals surface area contributed by atoms with Gasteiger partial charge in [-0.3, -0.25) is 0 Å². The first kappa shape index (κ1) is 10.1. The van der Waals surface area contributed by atoms with E-state index in [1.807, 2.05) is 48.5 Å². The Morgan fingerprint density at radius 1 is 1.00 bits per heavy atom. The number of halogens is 1. The van der Waals surface area contributed by atoms with Gasteiger partial charge in [-0.25, -0.2) is 0 Å². The normalized spacial score (nSPS) is 9.93. The van der Waals surface area contributed by atoms with Crippen LogP contribution < -0.4 is 10.5 Å². The van der Waals surface area contributed by atoms with Gasteiger partial charge in [-0.05, 0) is 46.3 Å². The van der Waals surface area contributed by atoms with Crippen LogP contribution in [0.25, 0.3) is 0 Å². The van der Waals surface area contributed by atoms with Crippen molar-refractivity contribution >= 4 is 21.6 Å². The van der Waals surface area contributed by atoms with E-state index in [1.165, 1.54) is 0 Å². The molecule has 0 heterocycles. The molecule has 76 valence electrons. The Morgan fingerprint density at radius 3 is 2.40 bits per heavy atom. The van der Waals surface area contributed by atoms with Crippen LogP contribution in [0.2, 0.25) is 0 Å². The average molecular weight is 264 g/mol. The number of hydrogen-bond acceptors (Lipinski definition) is 2. The second-order valence-electron chi connectivity index (χ2n) is 3.10. The number of rotatable bonds is 2. The lowest BCUT2D eigenvalue weighted by Gasteiger charge is -2.07. The third-order valence-corrected chi connectivity index (χ3v) is 2.55. The molecule has 2 rings (SSSR count). The predicted octanol–water partition coefficient (Wildman–Crippen LogP) is 3.82. The van der Waals surface area contributed by atoms with Crippen molar-refractivity contribution in [3.05, 3.63) is 53.0 Å². The van der Waals surface area contributed by atoms with Crippen LogP contribution in [0.3, 0.4) is 0 Å². The summed E-state index contributed by atoms with van der Waals surface area (Å²) in [7, 11) is 0. The van der Waals surface area contributed by atoms with E-state index >= 15 is 0 Å². The molecule has 2 nitrogen and oxygen atoms in total. The van der Waals surface area contributed by atoms with Crippen LogP contribution in [-0.4, -0.2) is 0 Å². The van der Waals surface area contributed by atoms with Crippen LogP contribution >= 0.6 is 15.9 Å². The van der Waals surface area contributed by atoms with Crippen LogP contribution in [0.1, 0.15) is 0 Å². The largest absolute Gasteiger partial charge is 0.456 e. The molecule has 0 aliphatic heterocycles. The maximum atomic E-state index is 5.66. The van der Waals surface area contributed by atoms with E-state index in [4.69, 9.17) is 10.5 Å². The molecular weight excluding hydrogens is 254 g/mol. The van der Waals surface area contributed by atoms with E-state index in [0.29, 0.717) is 5.69 Å². The lowest BCUT2D eigenvalue weighted by atomic mass is 10.3. The minimum absolute atomic E-state index is 0.710. The summed E-state index contributed by atoms with van der Waals surface area (Å²) in [6.07, 6.45) is 0. The Labute approximate surface area is 96.8 Å². The Morgan fingerprint density at radius 2 is 1.73 bits per heavy atom. The predicted molar refractivity (Wildman–Crippen MR) is 65.1 cm³/mol. The Kier molecular flexibility index (Phi) is 2.92. The summed E-state index contributed by atoms with van der Waals surface area (Å²) < 4.78 is 6.51. The van der Waals surface area contributed by atoms with Gasteiger partial charge in [-0.1, -0.05) is 18.2 Å². The van der Waals surface area contributed by atoms with Crippen molar-refractivity contribution in [2.45, 2.75) is 0 Å². The van der Waals surface area contributed by atoms with Crippen molar-refractivity contribution in [3.63, 3.8) is 0 Å². The van der Waals surface area contributed by atoms with E-state index in [0.717, 1.165) is 16.0 Å². The molecule has 2 aromatic carbocycles. The number of benzene rings is 2. The van der Waals surface area contributed by atoms with Crippen LogP contribution in [0, 0.1) is 0 Å². The number of hydrogen-bond donors (Lipinski definition) is 1. The maximum absolute atomic E-state index is 5.66. The first-order valence-corrected chi connectivity index (χ1v) is 5.33. The van der Waals surface area contributed by atoms with Crippen LogP contribution in [0.5, 0.6) is 11.5 Å². The summed E-state index contributed by atoms with van der Waals surface area (Å²) in [4.78, 5) is 0. The molecule has 15 heavy (non-hydrogen) atoms. The molecule has 0 saturated carbocycles. The van der Waals surface area contributed by atoms with Crippen molar-refractivity contribution in [1.29, 1.82) is 0 Å². The summed E-state index contributed by atoms with van der Waals surface area (Å²) in [6.45, 7) is 0. The minimum Gasteiger partial charge on any atom is -0.456 e. The van der Waals surface area contributed by atoms with Crippen molar-refractivity contribution < 1.29 is 4.74 Å². The van der Waals surface area contributed by atoms with E-state index in [-0.39, 0.29) is 0 Å². The van der Waals surface area contributed by atoms with Crippen molar-refractivity contribution in [1.82, 2.24) is 0 Å². The summed E-state index contributed by atoms with van der Waals surface area (Å²) >= 11 is 3.40. The molecule has 0 aliphatic rings. The molecule has 0 saturated heterocycles. The second kappa shape index (κ2) is 4.36. The highest BCUT2D eigenvalue weighted by atomic mass is 79.9. The standard InChI is InChI=1S/C12H10BrNO/c13-11-8-9(14)6-7-12(11)15-10-4-2-1-3-5-10/h1-8H,14H2. The van der Waals surface area contributed by atoms with Gasteiger partial charge < -0.3 is 10.5 Å². The topological polar surface area (TPSA) is 35.2 Å². The molecule has 0 unspecified atom stereocenters. The first-order chi connectivity index (χ1) is 7.25. The molecule has 2 N–H and O–H groups in total. The third-order valence-electron chi connectivity index (χ3n) is 1.93. The molecule has 0 radical (unpaired) electrons. The average Bonchev–Trinajstić information content (AvgIpc) is 2.24. The molecule has 0 fully saturated rings. The summed E-state index contributed by atoms with van der Waals surface area (Å²) in [5, 5.41) is 0. The molecule has 0 amide bonds. The van der Waals surface area contributed by atoms with Gasteiger partial charge in [0.05, 0.1) is 4.47 Å². The van der Waals surface area contributed by atoms with Crippen molar-refractivity contribution in [2.75, 3.05) is 5.73 Å². The van der Waals surface area contributed by atoms with Crippen LogP contribution in [0.15, 0.2) is 53.0 Å². The number of para-hydroxylation sites is 1. The molecule has 0 atom stereocenters. The van der Waals surface area contributed by atoms with E-state index in [2.05, 4.69) is 15.9 Å². The summed E-state index contributed by atoms with van der Waals surface area (Å²) in [5.74, 6) is 1.57. The van der Waals surface area contributed by atoms with Gasteiger partial charge in [0.25, 0.3) is 0 Å². The summed E-state index contributed by atoms with van der Waals surface area (Å²) in [5.41, 5.74) is 6.35. The monoisotopic (exact) mass is 263 g/mol. The van der Waals surface area contributed by atoms with Gasteiger partial charge in [0.15, 0.2) is 0 Å². The lowest BCUT2D eigenvalue weighted by Crippen LogP contribution is -1.88. The zero-order valence-corrected chi connectivity index (χ0v) is 9.57. The number of nitrogens with two attached hydrogens (primary N) is 1. The Bertz CT molecular complexity index is 456. The van der Waals surface area contributed by atoms with Gasteiger partial charge >= 0.3 is 0 Å². The van der Waals surface area contributed by atoms with E-state index < -0.39 is 0 Å². The third kappa shape index (κ3) is 2.50. The van der Waals surface area contributed by atoms with Gasteiger partial charge in [0.1, 0.15) is 11.5 Å². The SMILES string of the molecule is Nc1ccc(Oc2ccccc2)c(Br)c1. The number of nitrogen functional groups attached to an aromatic ring is 1. The highest BCUT2D eigenvalue weighted by molar-refractivity contribution is 9.10. The molecular formula is C12H10BrNO. The number of anilines is 1. The fraction of sp³-hybridized carbons (Fsp3) is 0. The minimum atomic E-state index is 0.710. The highest BCUT2D eigenvalue weighted by Crippen LogP contribution is 2.30. The van der Waals surface area contributed by atoms with Crippen molar-refractivity contribution in [2.24, 2.45) is 0 Å². The van der Waals surface area contributed by atoms with Gasteiger partial charge in [-0.2, -0.15) is 0 Å². The summed E-state index contributed by atoms with van der Waals surface area (Å²) in [6, 6.07) is 15.1. The fourth-order valence-electron chi connectivity index (χ4n) is 1.22. The zero-order valence-electron chi connectivity index (χ0n) is 7.98. The Hall–Kier alpha value is -1.48. The second-order valence-corrected chi connectivity index (χ2v) is 3.96. The Balaban J connectivity index is 2.25. The number of ether oxygens (including phenoxy) is 1. The molecule has 0 aromatic heterocycles. The molecule has 0 bridgehead atoms. The van der Waals surface area contributed by atoms with Crippen molar-refractivity contribution in [3.8, 4) is 11.5 Å². The first-order valence-electron chi connectivity index (χ1n) is 4.53. The molecule has 0 aliphatic carbocycles. The fourth-order valence-corrected chi connectivity index (χ4v) is 1.69. The van der Waals surface area contributed by atoms with E-state index in [1.54, 1.807) is 0 Å². The van der Waals surface area contributed by atoms with E-state index in [9.17, 15) is 0 Å². The van der Waals surface area contributed by atoms with Crippen LogP contribution in [0.4, 0.5) is 5.69 Å². The quantitative estimate of drug-likeness (QED) is 0.837. The highest BCUT2D eigenvalue weighted by Gasteiger charge is 2.02. The zero-order chi connectivity index (χ0) is 10.7. The van der Waals surface area contributed by atoms with Gasteiger partial charge in [-0.15, -0.1) is 0 Å². The molecule has 0 spiro atoms. The maximum Gasteiger partial charge on any atom is 0.141 e.